The monoisotopic (exact) mass is 382 g/mol. The molecule has 3 rings (SSSR count). The van der Waals surface area contributed by atoms with Crippen molar-refractivity contribution in [3.05, 3.63) is 58.7 Å². The molecule has 0 aromatic heterocycles. The zero-order valence-corrected chi connectivity index (χ0v) is 16.5. The molecule has 148 valence electrons. The number of benzene rings is 2. The standard InChI is InChI=1S/C22H26N2O4/c1-4-27-19-10-17-9-15(3)28-20(17)11-18(19)12-23-21(25)13-24-22(26)16-7-5-14(2)6-8-16/h5-8,10-11,15H,4,9,12-13H2,1-3H3,(H,23,25)(H,24,26). The lowest BCUT2D eigenvalue weighted by atomic mass is 10.1. The second-order valence-corrected chi connectivity index (χ2v) is 6.96. The van der Waals surface area contributed by atoms with Crippen molar-refractivity contribution in [2.45, 2.75) is 39.8 Å². The maximum Gasteiger partial charge on any atom is 0.251 e. The van der Waals surface area contributed by atoms with E-state index >= 15 is 0 Å². The lowest BCUT2D eigenvalue weighted by molar-refractivity contribution is -0.120. The third-order valence-corrected chi connectivity index (χ3v) is 4.58. The first-order chi connectivity index (χ1) is 13.5. The summed E-state index contributed by atoms with van der Waals surface area (Å²) < 4.78 is 11.5. The van der Waals surface area contributed by atoms with Gasteiger partial charge in [-0.15, -0.1) is 0 Å². The van der Waals surface area contributed by atoms with Crippen LogP contribution in [0.25, 0.3) is 0 Å². The molecule has 2 N–H and O–H groups in total. The molecule has 0 aliphatic carbocycles. The van der Waals surface area contributed by atoms with E-state index in [9.17, 15) is 9.59 Å². The van der Waals surface area contributed by atoms with E-state index in [1.54, 1.807) is 12.1 Å². The van der Waals surface area contributed by atoms with Crippen molar-refractivity contribution >= 4 is 11.8 Å². The van der Waals surface area contributed by atoms with Gasteiger partial charge in [-0.25, -0.2) is 0 Å². The van der Waals surface area contributed by atoms with Crippen molar-refractivity contribution in [3.8, 4) is 11.5 Å². The lowest BCUT2D eigenvalue weighted by Crippen LogP contribution is -2.36. The maximum atomic E-state index is 12.2. The van der Waals surface area contributed by atoms with E-state index in [2.05, 4.69) is 10.6 Å². The zero-order chi connectivity index (χ0) is 20.1. The zero-order valence-electron chi connectivity index (χ0n) is 16.5. The van der Waals surface area contributed by atoms with E-state index in [1.165, 1.54) is 0 Å². The Morgan fingerprint density at radius 3 is 2.64 bits per heavy atom. The Balaban J connectivity index is 1.56. The van der Waals surface area contributed by atoms with Gasteiger partial charge >= 0.3 is 0 Å². The number of rotatable bonds is 7. The fourth-order valence-corrected chi connectivity index (χ4v) is 3.13. The van der Waals surface area contributed by atoms with Gasteiger partial charge in [0, 0.05) is 29.7 Å². The van der Waals surface area contributed by atoms with Crippen molar-refractivity contribution in [3.63, 3.8) is 0 Å². The van der Waals surface area contributed by atoms with E-state index in [-0.39, 0.29) is 24.5 Å². The van der Waals surface area contributed by atoms with E-state index < -0.39 is 0 Å². The highest BCUT2D eigenvalue weighted by Gasteiger charge is 2.22. The smallest absolute Gasteiger partial charge is 0.251 e. The summed E-state index contributed by atoms with van der Waals surface area (Å²) in [4.78, 5) is 24.3. The number of fused-ring (bicyclic) bond motifs is 1. The van der Waals surface area contributed by atoms with Gasteiger partial charge in [-0.05, 0) is 45.0 Å². The number of nitrogens with one attached hydrogen (secondary N) is 2. The molecule has 1 unspecified atom stereocenters. The first-order valence-electron chi connectivity index (χ1n) is 9.53. The average molecular weight is 382 g/mol. The van der Waals surface area contributed by atoms with Gasteiger partial charge in [-0.1, -0.05) is 17.7 Å². The summed E-state index contributed by atoms with van der Waals surface area (Å²) in [6.07, 6.45) is 0.999. The summed E-state index contributed by atoms with van der Waals surface area (Å²) in [5, 5.41) is 5.46. The van der Waals surface area contributed by atoms with E-state index in [0.29, 0.717) is 18.7 Å². The van der Waals surface area contributed by atoms with Gasteiger partial charge < -0.3 is 20.1 Å². The summed E-state index contributed by atoms with van der Waals surface area (Å²) in [7, 11) is 0. The van der Waals surface area contributed by atoms with Gasteiger partial charge in [0.15, 0.2) is 0 Å². The summed E-state index contributed by atoms with van der Waals surface area (Å²) in [5.74, 6) is 1.05. The Labute approximate surface area is 165 Å². The Kier molecular flexibility index (Phi) is 6.19. The van der Waals surface area contributed by atoms with Gasteiger partial charge in [-0.2, -0.15) is 0 Å². The molecule has 2 aromatic rings. The highest BCUT2D eigenvalue weighted by atomic mass is 16.5. The van der Waals surface area contributed by atoms with Crippen LogP contribution in [0.2, 0.25) is 0 Å². The minimum atomic E-state index is -0.273. The van der Waals surface area contributed by atoms with Gasteiger partial charge in [0.2, 0.25) is 5.91 Å². The molecular weight excluding hydrogens is 356 g/mol. The van der Waals surface area contributed by atoms with Crippen LogP contribution in [-0.2, 0) is 17.8 Å². The molecule has 0 spiro atoms. The maximum absolute atomic E-state index is 12.2. The Hall–Kier alpha value is -3.02. The molecule has 0 saturated heterocycles. The first kappa shape index (κ1) is 19.7. The van der Waals surface area contributed by atoms with E-state index in [0.717, 1.165) is 34.6 Å². The predicted molar refractivity (Wildman–Crippen MR) is 107 cm³/mol. The Morgan fingerprint density at radius 1 is 1.18 bits per heavy atom. The third-order valence-electron chi connectivity index (χ3n) is 4.58. The fourth-order valence-electron chi connectivity index (χ4n) is 3.13. The predicted octanol–water partition coefficient (Wildman–Crippen LogP) is 2.76. The summed E-state index contributed by atoms with van der Waals surface area (Å²) >= 11 is 0. The lowest BCUT2D eigenvalue weighted by Gasteiger charge is -2.13. The van der Waals surface area contributed by atoms with Crippen LogP contribution in [-0.4, -0.2) is 31.1 Å². The van der Waals surface area contributed by atoms with Gasteiger partial charge in [0.05, 0.1) is 13.2 Å². The molecule has 2 aromatic carbocycles. The minimum absolute atomic E-state index is 0.0881. The minimum Gasteiger partial charge on any atom is -0.494 e. The molecule has 2 amide bonds. The normalized spacial score (nSPS) is 14.8. The third kappa shape index (κ3) is 4.82. The highest BCUT2D eigenvalue weighted by molar-refractivity contribution is 5.96. The summed E-state index contributed by atoms with van der Waals surface area (Å²) in [6, 6.07) is 11.1. The van der Waals surface area contributed by atoms with Crippen LogP contribution in [0.15, 0.2) is 36.4 Å². The van der Waals surface area contributed by atoms with Crippen LogP contribution >= 0.6 is 0 Å². The summed E-state index contributed by atoms with van der Waals surface area (Å²) in [6.45, 7) is 6.67. The highest BCUT2D eigenvalue weighted by Crippen LogP contribution is 2.35. The van der Waals surface area contributed by atoms with Crippen LogP contribution in [0, 0.1) is 6.92 Å². The fraction of sp³-hybridized carbons (Fsp3) is 0.364. The topological polar surface area (TPSA) is 76.7 Å². The van der Waals surface area contributed by atoms with Gasteiger partial charge in [-0.3, -0.25) is 9.59 Å². The van der Waals surface area contributed by atoms with Crippen LogP contribution in [0.4, 0.5) is 0 Å². The molecular formula is C22H26N2O4. The molecule has 0 fully saturated rings. The molecule has 1 aliphatic rings. The molecule has 6 heteroatoms. The van der Waals surface area contributed by atoms with Crippen LogP contribution in [0.1, 0.15) is 40.9 Å². The van der Waals surface area contributed by atoms with Crippen molar-refractivity contribution in [1.29, 1.82) is 0 Å². The molecule has 6 nitrogen and oxygen atoms in total. The van der Waals surface area contributed by atoms with Gasteiger partial charge in [0.25, 0.3) is 5.91 Å². The second-order valence-electron chi connectivity index (χ2n) is 6.96. The van der Waals surface area contributed by atoms with Gasteiger partial charge in [0.1, 0.15) is 17.6 Å². The number of carbonyl (C=O) groups excluding carboxylic acids is 2. The molecule has 0 radical (unpaired) electrons. The molecule has 1 heterocycles. The number of amides is 2. The Morgan fingerprint density at radius 2 is 1.93 bits per heavy atom. The molecule has 1 aliphatic heterocycles. The van der Waals surface area contributed by atoms with E-state index in [4.69, 9.17) is 9.47 Å². The molecule has 1 atom stereocenters. The number of hydrogen-bond acceptors (Lipinski definition) is 4. The van der Waals surface area contributed by atoms with Crippen molar-refractivity contribution in [2.24, 2.45) is 0 Å². The summed E-state index contributed by atoms with van der Waals surface area (Å²) in [5.41, 5.74) is 3.58. The number of aryl methyl sites for hydroxylation is 1. The average Bonchev–Trinajstić information content (AvgIpc) is 3.03. The number of hydrogen-bond donors (Lipinski definition) is 2. The van der Waals surface area contributed by atoms with E-state index in [1.807, 2.05) is 45.0 Å². The molecule has 0 bridgehead atoms. The molecule has 0 saturated carbocycles. The SMILES string of the molecule is CCOc1cc2c(cc1CNC(=O)CNC(=O)c1ccc(C)cc1)OC(C)C2. The second kappa shape index (κ2) is 8.78. The first-order valence-corrected chi connectivity index (χ1v) is 9.53. The van der Waals surface area contributed by atoms with Crippen molar-refractivity contribution < 1.29 is 19.1 Å². The quantitative estimate of drug-likeness (QED) is 0.772. The van der Waals surface area contributed by atoms with Crippen LogP contribution in [0.5, 0.6) is 11.5 Å². The largest absolute Gasteiger partial charge is 0.494 e. The molecule has 28 heavy (non-hydrogen) atoms. The number of carbonyl (C=O) groups is 2. The van der Waals surface area contributed by atoms with Crippen LogP contribution in [0.3, 0.4) is 0 Å². The van der Waals surface area contributed by atoms with Crippen molar-refractivity contribution in [1.82, 2.24) is 10.6 Å². The van der Waals surface area contributed by atoms with Crippen LogP contribution < -0.4 is 20.1 Å². The number of ether oxygens (including phenoxy) is 2. The van der Waals surface area contributed by atoms with Crippen molar-refractivity contribution in [2.75, 3.05) is 13.2 Å². The Bertz CT molecular complexity index is 862.